The van der Waals surface area contributed by atoms with Crippen molar-refractivity contribution in [3.05, 3.63) is 46.4 Å². The molecule has 2 aromatic rings. The topological polar surface area (TPSA) is 90.1 Å². The molecule has 31 heavy (non-hydrogen) atoms. The number of hydrogen-bond acceptors (Lipinski definition) is 5. The Morgan fingerprint density at radius 2 is 2.00 bits per heavy atom. The molecule has 0 saturated carbocycles. The highest BCUT2D eigenvalue weighted by Gasteiger charge is 2.25. The van der Waals surface area contributed by atoms with Gasteiger partial charge in [-0.25, -0.2) is 4.39 Å². The first-order chi connectivity index (χ1) is 14.8. The largest absolute Gasteiger partial charge is 0.494 e. The lowest BCUT2D eigenvalue weighted by atomic mass is 10.0. The van der Waals surface area contributed by atoms with E-state index in [1.54, 1.807) is 19.9 Å². The number of likely N-dealkylation sites (N-methyl/N-ethyl adjacent to an activating group) is 1. The molecule has 1 aromatic heterocycles. The van der Waals surface area contributed by atoms with Crippen molar-refractivity contribution in [3.63, 3.8) is 0 Å². The SMILES string of the molecule is CCN(CC)CCNC(=O)C1=C(C)C(=Cc2c(O)n(CO)c3ccc(F)cc23)N=C1C. The summed E-state index contributed by atoms with van der Waals surface area (Å²) >= 11 is 0. The summed E-state index contributed by atoms with van der Waals surface area (Å²) in [5, 5.41) is 23.6. The van der Waals surface area contributed by atoms with Crippen LogP contribution < -0.4 is 5.32 Å². The highest BCUT2D eigenvalue weighted by atomic mass is 19.1. The van der Waals surface area contributed by atoms with E-state index >= 15 is 0 Å². The van der Waals surface area contributed by atoms with Crippen LogP contribution in [-0.2, 0) is 11.5 Å². The van der Waals surface area contributed by atoms with Crippen molar-refractivity contribution in [2.45, 2.75) is 34.4 Å². The number of aliphatic imine (C=N–C) groups is 1. The number of carbonyl (C=O) groups excluding carboxylic acids is 1. The van der Waals surface area contributed by atoms with E-state index in [1.165, 1.54) is 22.8 Å². The quantitative estimate of drug-likeness (QED) is 0.603. The number of fused-ring (bicyclic) bond motifs is 1. The zero-order chi connectivity index (χ0) is 22.7. The van der Waals surface area contributed by atoms with Crippen molar-refractivity contribution < 1.29 is 19.4 Å². The molecule has 0 unspecified atom stereocenters. The Balaban J connectivity index is 1.93. The van der Waals surface area contributed by atoms with E-state index in [-0.39, 0.29) is 11.8 Å². The summed E-state index contributed by atoms with van der Waals surface area (Å²) in [6.07, 6.45) is 1.62. The summed E-state index contributed by atoms with van der Waals surface area (Å²) in [5.41, 5.74) is 3.13. The summed E-state index contributed by atoms with van der Waals surface area (Å²) in [6, 6.07) is 4.08. The number of benzene rings is 1. The zero-order valence-electron chi connectivity index (χ0n) is 18.4. The summed E-state index contributed by atoms with van der Waals surface area (Å²) in [5.74, 6) is -0.829. The van der Waals surface area contributed by atoms with Crippen molar-refractivity contribution in [2.24, 2.45) is 4.99 Å². The summed E-state index contributed by atoms with van der Waals surface area (Å²) in [4.78, 5) is 19.5. The van der Waals surface area contributed by atoms with Gasteiger partial charge in [-0.3, -0.25) is 14.4 Å². The molecule has 1 aromatic carbocycles. The fourth-order valence-corrected chi connectivity index (χ4v) is 3.91. The van der Waals surface area contributed by atoms with Gasteiger partial charge >= 0.3 is 0 Å². The second kappa shape index (κ2) is 9.45. The molecule has 3 rings (SSSR count). The molecule has 0 radical (unpaired) electrons. The first kappa shape index (κ1) is 22.7. The van der Waals surface area contributed by atoms with Crippen LogP contribution in [0.1, 0.15) is 33.3 Å². The number of halogens is 1. The number of allylic oxidation sites excluding steroid dienone is 1. The average molecular weight is 429 g/mol. The molecular formula is C23H29FN4O3. The third-order valence-electron chi connectivity index (χ3n) is 5.70. The van der Waals surface area contributed by atoms with E-state index in [1.807, 2.05) is 0 Å². The van der Waals surface area contributed by atoms with E-state index in [2.05, 4.69) is 29.1 Å². The molecule has 1 amide bonds. The van der Waals surface area contributed by atoms with Crippen LogP contribution in [0, 0.1) is 5.82 Å². The van der Waals surface area contributed by atoms with E-state index in [9.17, 15) is 19.4 Å². The Morgan fingerprint density at radius 3 is 2.65 bits per heavy atom. The first-order valence-electron chi connectivity index (χ1n) is 10.4. The predicted molar refractivity (Wildman–Crippen MR) is 120 cm³/mol. The minimum absolute atomic E-state index is 0.187. The van der Waals surface area contributed by atoms with Gasteiger partial charge in [-0.15, -0.1) is 0 Å². The van der Waals surface area contributed by atoms with Crippen LogP contribution in [0.5, 0.6) is 5.88 Å². The lowest BCUT2D eigenvalue weighted by Crippen LogP contribution is -2.36. The Kier molecular flexibility index (Phi) is 6.92. The molecular weight excluding hydrogens is 399 g/mol. The molecule has 1 aliphatic rings. The molecule has 166 valence electrons. The van der Waals surface area contributed by atoms with Gasteiger partial charge in [0.2, 0.25) is 5.88 Å². The Hall–Kier alpha value is -2.97. The molecule has 0 aliphatic carbocycles. The maximum atomic E-state index is 13.8. The number of nitrogens with one attached hydrogen (secondary N) is 1. The van der Waals surface area contributed by atoms with Gasteiger partial charge in [0.15, 0.2) is 0 Å². The van der Waals surface area contributed by atoms with Crippen LogP contribution in [0.15, 0.2) is 40.0 Å². The second-order valence-corrected chi connectivity index (χ2v) is 7.48. The van der Waals surface area contributed by atoms with Crippen LogP contribution >= 0.6 is 0 Å². The van der Waals surface area contributed by atoms with Crippen molar-refractivity contribution in [3.8, 4) is 5.88 Å². The molecule has 0 bridgehead atoms. The van der Waals surface area contributed by atoms with E-state index in [0.29, 0.717) is 45.6 Å². The third-order valence-corrected chi connectivity index (χ3v) is 5.70. The van der Waals surface area contributed by atoms with Crippen LogP contribution in [0.4, 0.5) is 4.39 Å². The molecule has 0 saturated heterocycles. The first-order valence-corrected chi connectivity index (χ1v) is 10.4. The van der Waals surface area contributed by atoms with Crippen LogP contribution in [0.2, 0.25) is 0 Å². The summed E-state index contributed by atoms with van der Waals surface area (Å²) in [7, 11) is 0. The molecule has 1 aliphatic heterocycles. The standard InChI is InChI=1S/C23H29FN4O3/c1-5-27(6-2)10-9-25-22(30)21-14(3)19(26-15(21)4)12-18-17-11-16(24)7-8-20(17)28(13-29)23(18)31/h7-8,11-12,29,31H,5-6,9-10,13H2,1-4H3,(H,25,30). The van der Waals surface area contributed by atoms with Gasteiger partial charge in [0, 0.05) is 24.0 Å². The summed E-state index contributed by atoms with van der Waals surface area (Å²) in [6.45, 7) is 10.4. The Bertz CT molecular complexity index is 1090. The third kappa shape index (κ3) is 4.40. The number of aliphatic hydroxyl groups is 1. The van der Waals surface area contributed by atoms with Crippen molar-refractivity contribution >= 4 is 28.6 Å². The predicted octanol–water partition coefficient (Wildman–Crippen LogP) is 3.03. The number of nitrogens with zero attached hydrogens (tertiary/aromatic N) is 3. The Morgan fingerprint density at radius 1 is 1.29 bits per heavy atom. The van der Waals surface area contributed by atoms with Crippen LogP contribution in [0.3, 0.4) is 0 Å². The highest BCUT2D eigenvalue weighted by molar-refractivity contribution is 6.24. The molecule has 0 atom stereocenters. The number of amides is 1. The fourth-order valence-electron chi connectivity index (χ4n) is 3.91. The zero-order valence-corrected chi connectivity index (χ0v) is 18.4. The fraction of sp³-hybridized carbons (Fsp3) is 0.391. The van der Waals surface area contributed by atoms with Gasteiger partial charge in [0.25, 0.3) is 5.91 Å². The second-order valence-electron chi connectivity index (χ2n) is 7.48. The van der Waals surface area contributed by atoms with Crippen LogP contribution in [-0.4, -0.2) is 57.5 Å². The average Bonchev–Trinajstić information content (AvgIpc) is 3.17. The summed E-state index contributed by atoms with van der Waals surface area (Å²) < 4.78 is 15.1. The minimum Gasteiger partial charge on any atom is -0.494 e. The lowest BCUT2D eigenvalue weighted by molar-refractivity contribution is -0.117. The maximum absolute atomic E-state index is 13.8. The molecule has 3 N–H and O–H groups in total. The van der Waals surface area contributed by atoms with E-state index in [4.69, 9.17) is 0 Å². The van der Waals surface area contributed by atoms with Gasteiger partial charge in [-0.05, 0) is 56.8 Å². The monoisotopic (exact) mass is 428 g/mol. The van der Waals surface area contributed by atoms with Crippen molar-refractivity contribution in [2.75, 3.05) is 26.2 Å². The lowest BCUT2D eigenvalue weighted by Gasteiger charge is -2.18. The number of carbonyl (C=O) groups is 1. The van der Waals surface area contributed by atoms with Gasteiger partial charge in [0.1, 0.15) is 12.5 Å². The number of aliphatic hydroxyl groups excluding tert-OH is 1. The van der Waals surface area contributed by atoms with Gasteiger partial charge in [0.05, 0.1) is 22.5 Å². The van der Waals surface area contributed by atoms with Gasteiger partial charge in [-0.2, -0.15) is 0 Å². The van der Waals surface area contributed by atoms with Crippen LogP contribution in [0.25, 0.3) is 17.0 Å². The number of rotatable bonds is 8. The smallest absolute Gasteiger partial charge is 0.253 e. The van der Waals surface area contributed by atoms with E-state index in [0.717, 1.165) is 19.6 Å². The normalized spacial score (nSPS) is 15.5. The maximum Gasteiger partial charge on any atom is 0.253 e. The molecule has 0 spiro atoms. The molecule has 2 heterocycles. The van der Waals surface area contributed by atoms with Gasteiger partial charge in [-0.1, -0.05) is 13.8 Å². The van der Waals surface area contributed by atoms with Crippen molar-refractivity contribution in [1.82, 2.24) is 14.8 Å². The number of aromatic nitrogens is 1. The number of aromatic hydroxyl groups is 1. The Labute approximate surface area is 181 Å². The van der Waals surface area contributed by atoms with E-state index < -0.39 is 12.5 Å². The highest BCUT2D eigenvalue weighted by Crippen LogP contribution is 2.36. The number of hydrogen-bond donors (Lipinski definition) is 3. The minimum atomic E-state index is -0.450. The molecule has 8 heteroatoms. The molecule has 7 nitrogen and oxygen atoms in total. The van der Waals surface area contributed by atoms with Gasteiger partial charge < -0.3 is 20.4 Å². The molecule has 0 fully saturated rings. The van der Waals surface area contributed by atoms with Crippen molar-refractivity contribution in [1.29, 1.82) is 0 Å².